The Morgan fingerprint density at radius 1 is 0.900 bits per heavy atom. The summed E-state index contributed by atoms with van der Waals surface area (Å²) >= 11 is 2.50. The summed E-state index contributed by atoms with van der Waals surface area (Å²) in [6.07, 6.45) is 3.36. The van der Waals surface area contributed by atoms with Crippen molar-refractivity contribution in [2.24, 2.45) is 0 Å². The van der Waals surface area contributed by atoms with E-state index in [1.54, 1.807) is 23.9 Å². The van der Waals surface area contributed by atoms with Crippen molar-refractivity contribution in [2.75, 3.05) is 17.7 Å². The molecule has 0 fully saturated rings. The summed E-state index contributed by atoms with van der Waals surface area (Å²) in [6, 6.07) is 9.49. The van der Waals surface area contributed by atoms with Gasteiger partial charge in [0.15, 0.2) is 10.3 Å². The van der Waals surface area contributed by atoms with Crippen molar-refractivity contribution in [3.63, 3.8) is 0 Å². The normalized spacial score (nSPS) is 10.7. The number of carbonyl (C=O) groups excluding carboxylic acids is 3. The third kappa shape index (κ3) is 6.61. The number of thiazole rings is 2. The van der Waals surface area contributed by atoms with Crippen LogP contribution in [0.3, 0.4) is 0 Å². The average molecular weight is 442 g/mol. The average Bonchev–Trinajstić information content (AvgIpc) is 3.36. The molecule has 0 bridgehead atoms. The van der Waals surface area contributed by atoms with Crippen molar-refractivity contribution in [2.45, 2.75) is 12.8 Å². The van der Waals surface area contributed by atoms with E-state index in [4.69, 9.17) is 0 Å². The van der Waals surface area contributed by atoms with Crippen molar-refractivity contribution in [3.05, 3.63) is 64.1 Å². The molecule has 0 aliphatic carbocycles. The molecule has 2 heterocycles. The number of carbonyl (C=O) groups is 3. The molecule has 3 N–H and O–H groups in total. The van der Waals surface area contributed by atoms with E-state index in [2.05, 4.69) is 25.9 Å². The van der Waals surface area contributed by atoms with Crippen LogP contribution < -0.4 is 16.0 Å². The van der Waals surface area contributed by atoms with Gasteiger partial charge in [0.25, 0.3) is 0 Å². The maximum atomic E-state index is 12.2. The SMILES string of the molecule is CNC(=O)Cc1csc(NC(=O)Cc2csc(NC(=O)/C=C/c3ccccc3)n2)n1. The molecule has 0 radical (unpaired) electrons. The lowest BCUT2D eigenvalue weighted by atomic mass is 10.2. The number of hydrogen-bond donors (Lipinski definition) is 3. The van der Waals surface area contributed by atoms with Gasteiger partial charge in [0.2, 0.25) is 17.7 Å². The second-order valence-corrected chi connectivity index (χ2v) is 7.81. The molecule has 2 aromatic heterocycles. The number of nitrogens with one attached hydrogen (secondary N) is 3. The van der Waals surface area contributed by atoms with Crippen LogP contribution in [-0.4, -0.2) is 34.7 Å². The van der Waals surface area contributed by atoms with Crippen LogP contribution in [0.2, 0.25) is 0 Å². The molecule has 0 atom stereocenters. The van der Waals surface area contributed by atoms with Crippen molar-refractivity contribution < 1.29 is 14.4 Å². The molecule has 3 amide bonds. The largest absolute Gasteiger partial charge is 0.359 e. The molecule has 0 aliphatic rings. The van der Waals surface area contributed by atoms with Crippen LogP contribution in [0, 0.1) is 0 Å². The Hall–Kier alpha value is -3.37. The van der Waals surface area contributed by atoms with E-state index in [0.717, 1.165) is 5.56 Å². The maximum absolute atomic E-state index is 12.2. The maximum Gasteiger partial charge on any atom is 0.250 e. The number of benzene rings is 1. The number of amides is 3. The summed E-state index contributed by atoms with van der Waals surface area (Å²) in [7, 11) is 1.56. The molecule has 0 saturated heterocycles. The van der Waals surface area contributed by atoms with Gasteiger partial charge in [0, 0.05) is 23.9 Å². The number of hydrogen-bond acceptors (Lipinski definition) is 7. The van der Waals surface area contributed by atoms with Crippen LogP contribution in [-0.2, 0) is 27.2 Å². The molecular weight excluding hydrogens is 422 g/mol. The Morgan fingerprint density at radius 2 is 1.50 bits per heavy atom. The van der Waals surface area contributed by atoms with E-state index in [0.29, 0.717) is 21.7 Å². The first-order valence-electron chi connectivity index (χ1n) is 8.95. The van der Waals surface area contributed by atoms with E-state index in [9.17, 15) is 14.4 Å². The van der Waals surface area contributed by atoms with E-state index in [-0.39, 0.29) is 30.6 Å². The highest BCUT2D eigenvalue weighted by Crippen LogP contribution is 2.18. The van der Waals surface area contributed by atoms with Crippen LogP contribution in [0.25, 0.3) is 6.08 Å². The second kappa shape index (κ2) is 10.4. The molecule has 8 nitrogen and oxygen atoms in total. The Kier molecular flexibility index (Phi) is 7.41. The standard InChI is InChI=1S/C20H19N5O3S2/c1-21-17(27)9-14-11-30-20(22-14)25-18(28)10-15-12-29-19(23-15)24-16(26)8-7-13-5-3-2-4-6-13/h2-8,11-12H,9-10H2,1H3,(H,21,27)(H,22,25,28)(H,23,24,26)/b8-7+. The summed E-state index contributed by atoms with van der Waals surface area (Å²) in [6.45, 7) is 0. The highest BCUT2D eigenvalue weighted by atomic mass is 32.1. The summed E-state index contributed by atoms with van der Waals surface area (Å²) in [5.74, 6) is -0.715. The van der Waals surface area contributed by atoms with Crippen LogP contribution >= 0.6 is 22.7 Å². The van der Waals surface area contributed by atoms with E-state index >= 15 is 0 Å². The highest BCUT2D eigenvalue weighted by molar-refractivity contribution is 7.14. The van der Waals surface area contributed by atoms with Crippen molar-refractivity contribution in [3.8, 4) is 0 Å². The minimum Gasteiger partial charge on any atom is -0.359 e. The first-order valence-corrected chi connectivity index (χ1v) is 10.7. The van der Waals surface area contributed by atoms with E-state index < -0.39 is 0 Å². The summed E-state index contributed by atoms with van der Waals surface area (Å²) in [5.41, 5.74) is 2.06. The van der Waals surface area contributed by atoms with Gasteiger partial charge in [-0.2, -0.15) is 0 Å². The van der Waals surface area contributed by atoms with Gasteiger partial charge in [-0.15, -0.1) is 22.7 Å². The fourth-order valence-electron chi connectivity index (χ4n) is 2.36. The minimum absolute atomic E-state index is 0.0522. The molecule has 1 aromatic carbocycles. The quantitative estimate of drug-likeness (QED) is 0.465. The van der Waals surface area contributed by atoms with E-state index in [1.165, 1.54) is 28.7 Å². The molecule has 30 heavy (non-hydrogen) atoms. The first kappa shape index (κ1) is 21.3. The van der Waals surface area contributed by atoms with Gasteiger partial charge in [-0.05, 0) is 11.6 Å². The zero-order valence-electron chi connectivity index (χ0n) is 16.0. The van der Waals surface area contributed by atoms with Crippen LogP contribution in [0.15, 0.2) is 47.2 Å². The molecule has 3 aromatic rings. The number of nitrogens with zero attached hydrogens (tertiary/aromatic N) is 2. The second-order valence-electron chi connectivity index (χ2n) is 6.10. The monoisotopic (exact) mass is 441 g/mol. The van der Waals surface area contributed by atoms with Crippen molar-refractivity contribution in [1.82, 2.24) is 15.3 Å². The van der Waals surface area contributed by atoms with E-state index in [1.807, 2.05) is 30.3 Å². The third-order valence-electron chi connectivity index (χ3n) is 3.77. The van der Waals surface area contributed by atoms with Gasteiger partial charge in [0.1, 0.15) is 0 Å². The highest BCUT2D eigenvalue weighted by Gasteiger charge is 2.12. The first-order chi connectivity index (χ1) is 14.5. The fourth-order valence-corrected chi connectivity index (χ4v) is 3.79. The molecule has 154 valence electrons. The zero-order valence-corrected chi connectivity index (χ0v) is 17.7. The van der Waals surface area contributed by atoms with Crippen molar-refractivity contribution >= 4 is 56.7 Å². The van der Waals surface area contributed by atoms with Crippen LogP contribution in [0.1, 0.15) is 17.0 Å². The van der Waals surface area contributed by atoms with Gasteiger partial charge in [0.05, 0.1) is 24.2 Å². The number of aromatic nitrogens is 2. The molecule has 0 spiro atoms. The molecule has 3 rings (SSSR count). The Balaban J connectivity index is 1.49. The topological polar surface area (TPSA) is 113 Å². The van der Waals surface area contributed by atoms with Crippen molar-refractivity contribution in [1.29, 1.82) is 0 Å². The summed E-state index contributed by atoms with van der Waals surface area (Å²) in [5, 5.41) is 12.2. The molecule has 10 heteroatoms. The van der Waals surface area contributed by atoms with Gasteiger partial charge in [-0.25, -0.2) is 9.97 Å². The minimum atomic E-state index is -0.296. The lowest BCUT2D eigenvalue weighted by Gasteiger charge is -1.99. The Morgan fingerprint density at radius 3 is 2.13 bits per heavy atom. The number of rotatable bonds is 8. The van der Waals surface area contributed by atoms with Crippen LogP contribution in [0.5, 0.6) is 0 Å². The Bertz CT molecular complexity index is 1060. The zero-order chi connectivity index (χ0) is 21.3. The fraction of sp³-hybridized carbons (Fsp3) is 0.150. The predicted molar refractivity (Wildman–Crippen MR) is 118 cm³/mol. The predicted octanol–water partition coefficient (Wildman–Crippen LogP) is 2.72. The summed E-state index contributed by atoms with van der Waals surface area (Å²) < 4.78 is 0. The smallest absolute Gasteiger partial charge is 0.250 e. The summed E-state index contributed by atoms with van der Waals surface area (Å²) in [4.78, 5) is 44.1. The molecule has 0 unspecified atom stereocenters. The molecule has 0 saturated carbocycles. The van der Waals surface area contributed by atoms with Gasteiger partial charge < -0.3 is 10.6 Å². The Labute approximate surface area is 181 Å². The van der Waals surface area contributed by atoms with Gasteiger partial charge in [-0.3, -0.25) is 19.7 Å². The molecular formula is C20H19N5O3S2. The number of likely N-dealkylation sites (N-methyl/N-ethyl adjacent to an activating group) is 1. The third-order valence-corrected chi connectivity index (χ3v) is 5.38. The van der Waals surface area contributed by atoms with Gasteiger partial charge in [-0.1, -0.05) is 30.3 Å². The number of anilines is 2. The van der Waals surface area contributed by atoms with Crippen LogP contribution in [0.4, 0.5) is 10.3 Å². The lowest BCUT2D eigenvalue weighted by molar-refractivity contribution is -0.120. The van der Waals surface area contributed by atoms with Gasteiger partial charge >= 0.3 is 0 Å². The molecule has 0 aliphatic heterocycles. The lowest BCUT2D eigenvalue weighted by Crippen LogP contribution is -2.20.